The van der Waals surface area contributed by atoms with Gasteiger partial charge in [-0.05, 0) is 24.2 Å². The molecule has 1 aliphatic rings. The highest BCUT2D eigenvalue weighted by molar-refractivity contribution is 5.69. The van der Waals surface area contributed by atoms with Crippen LogP contribution in [0.4, 0.5) is 0 Å². The molecule has 0 amide bonds. The van der Waals surface area contributed by atoms with Crippen molar-refractivity contribution in [3.8, 4) is 5.88 Å². The number of fused-ring (bicyclic) bond motifs is 1. The van der Waals surface area contributed by atoms with Crippen molar-refractivity contribution in [1.29, 1.82) is 0 Å². The maximum Gasteiger partial charge on any atom is 0.261 e. The zero-order valence-corrected chi connectivity index (χ0v) is 8.15. The molecule has 2 N–H and O–H groups in total. The third-order valence-electron chi connectivity index (χ3n) is 2.12. The fourth-order valence-electron chi connectivity index (χ4n) is 1.29. The molecule has 0 fully saturated rings. The number of ether oxygens (including phenoxy) is 1. The Hall–Kier alpha value is -1.55. The van der Waals surface area contributed by atoms with Crippen molar-refractivity contribution in [3.63, 3.8) is 0 Å². The maximum atomic E-state index is 5.93. The summed E-state index contributed by atoms with van der Waals surface area (Å²) in [6, 6.07) is 0. The zero-order valence-electron chi connectivity index (χ0n) is 8.15. The molecule has 1 atom stereocenters. The summed E-state index contributed by atoms with van der Waals surface area (Å²) in [7, 11) is 1.56. The average molecular weight is 192 g/mol. The molecule has 1 heterocycles. The molecule has 74 valence electrons. The Kier molecular flexibility index (Phi) is 1.93. The summed E-state index contributed by atoms with van der Waals surface area (Å²) < 4.78 is 10.1. The van der Waals surface area contributed by atoms with E-state index in [1.807, 2.05) is 31.2 Å². The Bertz CT molecular complexity index is 402. The smallest absolute Gasteiger partial charge is 0.261 e. The van der Waals surface area contributed by atoms with Gasteiger partial charge in [-0.25, -0.2) is 0 Å². The van der Waals surface area contributed by atoms with Gasteiger partial charge in [-0.2, -0.15) is 0 Å². The monoisotopic (exact) mass is 192 g/mol. The number of hydrogen-bond acceptors (Lipinski definition) is 4. The van der Waals surface area contributed by atoms with Gasteiger partial charge in [-0.15, -0.1) is 0 Å². The quantitative estimate of drug-likeness (QED) is 0.731. The molecule has 1 aliphatic carbocycles. The minimum Gasteiger partial charge on any atom is -0.478 e. The van der Waals surface area contributed by atoms with Crippen molar-refractivity contribution in [3.05, 3.63) is 23.5 Å². The summed E-state index contributed by atoms with van der Waals surface area (Å²) in [6.07, 6.45) is 7.42. The van der Waals surface area contributed by atoms with Crippen molar-refractivity contribution in [2.75, 3.05) is 7.11 Å². The first kappa shape index (κ1) is 9.02. The largest absolute Gasteiger partial charge is 0.478 e. The summed E-state index contributed by atoms with van der Waals surface area (Å²) in [5.41, 5.74) is 6.31. The van der Waals surface area contributed by atoms with Crippen molar-refractivity contribution < 1.29 is 9.26 Å². The molecule has 0 saturated heterocycles. The molecule has 0 spiro atoms. The van der Waals surface area contributed by atoms with E-state index in [1.165, 1.54) is 0 Å². The van der Waals surface area contributed by atoms with Crippen LogP contribution in [0.1, 0.15) is 18.2 Å². The van der Waals surface area contributed by atoms with Crippen LogP contribution in [0, 0.1) is 0 Å². The molecule has 1 unspecified atom stereocenters. The minimum atomic E-state index is -0.452. The van der Waals surface area contributed by atoms with Gasteiger partial charge >= 0.3 is 0 Å². The SMILES string of the molecule is COc1noc2c1C=CC(C)(N)C=C2. The third kappa shape index (κ3) is 1.44. The first-order valence-corrected chi connectivity index (χ1v) is 4.33. The summed E-state index contributed by atoms with van der Waals surface area (Å²) >= 11 is 0. The molecular formula is C10H12N2O2. The number of nitrogens with zero attached hydrogens (tertiary/aromatic N) is 1. The Morgan fingerprint density at radius 2 is 2.14 bits per heavy atom. The van der Waals surface area contributed by atoms with Gasteiger partial charge in [0, 0.05) is 0 Å². The van der Waals surface area contributed by atoms with Crippen LogP contribution in [0.2, 0.25) is 0 Å². The Labute approximate surface area is 82.0 Å². The number of rotatable bonds is 1. The number of nitrogens with two attached hydrogens (primary N) is 1. The Morgan fingerprint density at radius 3 is 2.86 bits per heavy atom. The molecule has 0 aromatic carbocycles. The van der Waals surface area contributed by atoms with E-state index < -0.39 is 5.54 Å². The van der Waals surface area contributed by atoms with Crippen LogP contribution in [-0.4, -0.2) is 17.8 Å². The molecule has 2 rings (SSSR count). The van der Waals surface area contributed by atoms with E-state index in [0.717, 1.165) is 5.56 Å². The van der Waals surface area contributed by atoms with E-state index in [9.17, 15) is 0 Å². The fourth-order valence-corrected chi connectivity index (χ4v) is 1.29. The predicted octanol–water partition coefficient (Wildman–Crippen LogP) is 1.44. The molecule has 4 nitrogen and oxygen atoms in total. The fraction of sp³-hybridized carbons (Fsp3) is 0.300. The van der Waals surface area contributed by atoms with Gasteiger partial charge in [0.25, 0.3) is 5.88 Å². The molecular weight excluding hydrogens is 180 g/mol. The maximum absolute atomic E-state index is 5.93. The van der Waals surface area contributed by atoms with Crippen molar-refractivity contribution in [1.82, 2.24) is 5.16 Å². The lowest BCUT2D eigenvalue weighted by Gasteiger charge is -2.12. The normalized spacial score (nSPS) is 24.5. The second-order valence-electron chi connectivity index (χ2n) is 3.50. The van der Waals surface area contributed by atoms with Gasteiger partial charge in [0.1, 0.15) is 0 Å². The number of aromatic nitrogens is 1. The van der Waals surface area contributed by atoms with E-state index in [4.69, 9.17) is 15.0 Å². The van der Waals surface area contributed by atoms with Crippen molar-refractivity contribution >= 4 is 12.2 Å². The first-order chi connectivity index (χ1) is 6.62. The van der Waals surface area contributed by atoms with Crippen molar-refractivity contribution in [2.24, 2.45) is 5.73 Å². The van der Waals surface area contributed by atoms with E-state index in [1.54, 1.807) is 7.11 Å². The second-order valence-corrected chi connectivity index (χ2v) is 3.50. The summed E-state index contributed by atoms with van der Waals surface area (Å²) in [5.74, 6) is 1.16. The van der Waals surface area contributed by atoms with E-state index in [2.05, 4.69) is 5.16 Å². The second kappa shape index (κ2) is 2.99. The molecule has 0 radical (unpaired) electrons. The van der Waals surface area contributed by atoms with Gasteiger partial charge in [0.2, 0.25) is 0 Å². The molecule has 1 aromatic rings. The number of methoxy groups -OCH3 is 1. The Morgan fingerprint density at radius 1 is 1.43 bits per heavy atom. The van der Waals surface area contributed by atoms with Gasteiger partial charge in [-0.1, -0.05) is 12.2 Å². The Balaban J connectivity index is 2.50. The van der Waals surface area contributed by atoms with Gasteiger partial charge in [0.15, 0.2) is 5.76 Å². The third-order valence-corrected chi connectivity index (χ3v) is 2.12. The predicted molar refractivity (Wildman–Crippen MR) is 53.7 cm³/mol. The first-order valence-electron chi connectivity index (χ1n) is 4.33. The number of hydrogen-bond donors (Lipinski definition) is 1. The molecule has 4 heteroatoms. The topological polar surface area (TPSA) is 61.3 Å². The standard InChI is InChI=1S/C10H12N2O2/c1-10(11)5-3-7-8(4-6-10)14-12-9(7)13-2/h3-6H,11H2,1-2H3. The van der Waals surface area contributed by atoms with Crippen LogP contribution in [0.15, 0.2) is 16.7 Å². The molecule has 0 bridgehead atoms. The summed E-state index contributed by atoms with van der Waals surface area (Å²) in [4.78, 5) is 0. The van der Waals surface area contributed by atoms with Crippen LogP contribution in [-0.2, 0) is 0 Å². The van der Waals surface area contributed by atoms with E-state index in [-0.39, 0.29) is 0 Å². The van der Waals surface area contributed by atoms with Gasteiger partial charge in [0.05, 0.1) is 18.2 Å². The highest BCUT2D eigenvalue weighted by Crippen LogP contribution is 2.27. The van der Waals surface area contributed by atoms with Crippen LogP contribution >= 0.6 is 0 Å². The van der Waals surface area contributed by atoms with Gasteiger partial charge in [-0.3, -0.25) is 0 Å². The summed E-state index contributed by atoms with van der Waals surface area (Å²) in [5, 5.41) is 3.77. The summed E-state index contributed by atoms with van der Waals surface area (Å²) in [6.45, 7) is 1.91. The highest BCUT2D eigenvalue weighted by atomic mass is 16.5. The van der Waals surface area contributed by atoms with Crippen LogP contribution < -0.4 is 10.5 Å². The molecule has 0 aliphatic heterocycles. The lowest BCUT2D eigenvalue weighted by atomic mass is 10.0. The molecule has 0 saturated carbocycles. The highest BCUT2D eigenvalue weighted by Gasteiger charge is 2.18. The molecule has 1 aromatic heterocycles. The van der Waals surface area contributed by atoms with E-state index >= 15 is 0 Å². The zero-order chi connectivity index (χ0) is 10.2. The molecule has 14 heavy (non-hydrogen) atoms. The lowest BCUT2D eigenvalue weighted by molar-refractivity contribution is 0.336. The van der Waals surface area contributed by atoms with Crippen molar-refractivity contribution in [2.45, 2.75) is 12.5 Å². The van der Waals surface area contributed by atoms with Crippen LogP contribution in [0.25, 0.3) is 12.2 Å². The lowest BCUT2D eigenvalue weighted by Crippen LogP contribution is -2.30. The average Bonchev–Trinajstić information content (AvgIpc) is 2.47. The van der Waals surface area contributed by atoms with Crippen LogP contribution in [0.5, 0.6) is 5.88 Å². The van der Waals surface area contributed by atoms with Gasteiger partial charge < -0.3 is 15.0 Å². The van der Waals surface area contributed by atoms with Crippen LogP contribution in [0.3, 0.4) is 0 Å². The van der Waals surface area contributed by atoms with E-state index in [0.29, 0.717) is 11.6 Å². The minimum absolute atomic E-state index is 0.452.